The molecule has 0 spiro atoms. The predicted octanol–water partition coefficient (Wildman–Crippen LogP) is 7.34. The highest BCUT2D eigenvalue weighted by atomic mass is 35.5. The highest BCUT2D eigenvalue weighted by Gasteiger charge is 2.21. The maximum atomic E-state index is 13.8. The van der Waals surface area contributed by atoms with Gasteiger partial charge in [-0.3, -0.25) is 0 Å². The lowest BCUT2D eigenvalue weighted by Gasteiger charge is -2.28. The Kier molecular flexibility index (Phi) is 6.75. The van der Waals surface area contributed by atoms with Crippen LogP contribution in [0.25, 0.3) is 0 Å². The SMILES string of the molecule is CCCCC1CCC(c2ccc(C#Cc3ccc(Cl)cc3F)cc2)CC1. The molecule has 0 atom stereocenters. The molecule has 0 saturated heterocycles. The normalized spacial score (nSPS) is 19.7. The summed E-state index contributed by atoms with van der Waals surface area (Å²) in [5.74, 6) is 7.19. The minimum Gasteiger partial charge on any atom is -0.206 e. The molecule has 0 nitrogen and oxygen atoms in total. The van der Waals surface area contributed by atoms with E-state index in [1.54, 1.807) is 12.1 Å². The van der Waals surface area contributed by atoms with Crippen molar-refractivity contribution in [3.05, 3.63) is 70.0 Å². The van der Waals surface area contributed by atoms with Crippen molar-refractivity contribution >= 4 is 11.6 Å². The van der Waals surface area contributed by atoms with E-state index >= 15 is 0 Å². The van der Waals surface area contributed by atoms with Gasteiger partial charge in [0.2, 0.25) is 0 Å². The molecule has 26 heavy (non-hydrogen) atoms. The lowest BCUT2D eigenvalue weighted by molar-refractivity contribution is 0.304. The summed E-state index contributed by atoms with van der Waals surface area (Å²) in [6.07, 6.45) is 9.41. The van der Waals surface area contributed by atoms with Crippen LogP contribution in [0.5, 0.6) is 0 Å². The number of hydrogen-bond donors (Lipinski definition) is 0. The van der Waals surface area contributed by atoms with Crippen LogP contribution in [0, 0.1) is 23.6 Å². The fraction of sp³-hybridized carbons (Fsp3) is 0.417. The topological polar surface area (TPSA) is 0 Å². The summed E-state index contributed by atoms with van der Waals surface area (Å²) in [4.78, 5) is 0. The number of rotatable bonds is 4. The molecule has 2 aromatic carbocycles. The van der Waals surface area contributed by atoms with Gasteiger partial charge in [0.1, 0.15) is 5.82 Å². The summed E-state index contributed by atoms with van der Waals surface area (Å²) >= 11 is 5.77. The molecule has 136 valence electrons. The number of hydrogen-bond acceptors (Lipinski definition) is 0. The van der Waals surface area contributed by atoms with Crippen molar-refractivity contribution in [2.75, 3.05) is 0 Å². The summed E-state index contributed by atoms with van der Waals surface area (Å²) in [5.41, 5.74) is 2.71. The van der Waals surface area contributed by atoms with E-state index in [1.807, 2.05) is 0 Å². The monoisotopic (exact) mass is 368 g/mol. The van der Waals surface area contributed by atoms with E-state index in [-0.39, 0.29) is 5.82 Å². The van der Waals surface area contributed by atoms with Crippen LogP contribution in [0.15, 0.2) is 42.5 Å². The Morgan fingerprint density at radius 3 is 2.38 bits per heavy atom. The average Bonchev–Trinajstić information content (AvgIpc) is 2.66. The van der Waals surface area contributed by atoms with Crippen molar-refractivity contribution in [3.63, 3.8) is 0 Å². The Balaban J connectivity index is 1.60. The largest absolute Gasteiger partial charge is 0.206 e. The van der Waals surface area contributed by atoms with Gasteiger partial charge in [-0.15, -0.1) is 0 Å². The first-order valence-electron chi connectivity index (χ1n) is 9.72. The second-order valence-corrected chi connectivity index (χ2v) is 7.79. The first kappa shape index (κ1) is 19.0. The Morgan fingerprint density at radius 1 is 1.00 bits per heavy atom. The summed E-state index contributed by atoms with van der Waals surface area (Å²) < 4.78 is 13.8. The zero-order valence-electron chi connectivity index (χ0n) is 15.4. The van der Waals surface area contributed by atoms with E-state index in [2.05, 4.69) is 43.0 Å². The third-order valence-corrected chi connectivity index (χ3v) is 5.70. The zero-order chi connectivity index (χ0) is 18.4. The van der Waals surface area contributed by atoms with Gasteiger partial charge in [-0.1, -0.05) is 61.8 Å². The van der Waals surface area contributed by atoms with Gasteiger partial charge < -0.3 is 0 Å². The third kappa shape index (κ3) is 5.12. The van der Waals surface area contributed by atoms with Gasteiger partial charge in [0.05, 0.1) is 5.56 Å². The summed E-state index contributed by atoms with van der Waals surface area (Å²) in [6.45, 7) is 2.28. The quantitative estimate of drug-likeness (QED) is 0.495. The third-order valence-electron chi connectivity index (χ3n) is 5.47. The molecule has 0 heterocycles. The summed E-state index contributed by atoms with van der Waals surface area (Å²) in [7, 11) is 0. The van der Waals surface area contributed by atoms with Gasteiger partial charge in [-0.25, -0.2) is 4.39 Å². The Hall–Kier alpha value is -1.78. The fourth-order valence-electron chi connectivity index (χ4n) is 3.85. The molecule has 0 radical (unpaired) electrons. The van der Waals surface area contributed by atoms with Gasteiger partial charge in [0.25, 0.3) is 0 Å². The van der Waals surface area contributed by atoms with Crippen LogP contribution in [0.2, 0.25) is 5.02 Å². The van der Waals surface area contributed by atoms with Crippen molar-refractivity contribution in [2.45, 2.75) is 57.8 Å². The van der Waals surface area contributed by atoms with E-state index in [0.29, 0.717) is 16.5 Å². The lowest BCUT2D eigenvalue weighted by atomic mass is 9.77. The molecule has 1 fully saturated rings. The molecule has 0 bridgehead atoms. The Morgan fingerprint density at radius 2 is 1.73 bits per heavy atom. The van der Waals surface area contributed by atoms with Crippen LogP contribution in [0.1, 0.15) is 74.5 Å². The van der Waals surface area contributed by atoms with Crippen molar-refractivity contribution < 1.29 is 4.39 Å². The van der Waals surface area contributed by atoms with Crippen molar-refractivity contribution in [1.82, 2.24) is 0 Å². The highest BCUT2D eigenvalue weighted by Crippen LogP contribution is 2.37. The molecule has 0 aliphatic heterocycles. The maximum absolute atomic E-state index is 13.8. The first-order chi connectivity index (χ1) is 12.7. The van der Waals surface area contributed by atoms with Gasteiger partial charge in [0.15, 0.2) is 0 Å². The smallest absolute Gasteiger partial charge is 0.140 e. The molecule has 2 aromatic rings. The highest BCUT2D eigenvalue weighted by molar-refractivity contribution is 6.30. The maximum Gasteiger partial charge on any atom is 0.140 e. The molecular formula is C24H26ClF. The van der Waals surface area contributed by atoms with E-state index < -0.39 is 0 Å². The van der Waals surface area contributed by atoms with Gasteiger partial charge in [-0.05, 0) is 73.4 Å². The van der Waals surface area contributed by atoms with Crippen LogP contribution in [-0.4, -0.2) is 0 Å². The predicted molar refractivity (Wildman–Crippen MR) is 108 cm³/mol. The fourth-order valence-corrected chi connectivity index (χ4v) is 4.01. The second kappa shape index (κ2) is 9.24. The summed E-state index contributed by atoms with van der Waals surface area (Å²) in [6, 6.07) is 13.1. The Labute approximate surface area is 161 Å². The van der Waals surface area contributed by atoms with Crippen LogP contribution in [0.4, 0.5) is 4.39 Å². The molecule has 0 amide bonds. The van der Waals surface area contributed by atoms with Crippen LogP contribution >= 0.6 is 11.6 Å². The molecule has 2 heteroatoms. The van der Waals surface area contributed by atoms with Crippen LogP contribution < -0.4 is 0 Å². The van der Waals surface area contributed by atoms with Crippen molar-refractivity contribution in [2.24, 2.45) is 5.92 Å². The lowest BCUT2D eigenvalue weighted by Crippen LogP contribution is -2.13. The molecule has 0 aromatic heterocycles. The van der Waals surface area contributed by atoms with E-state index in [4.69, 9.17) is 11.6 Å². The zero-order valence-corrected chi connectivity index (χ0v) is 16.2. The molecule has 1 saturated carbocycles. The minimum absolute atomic E-state index is 0.374. The Bertz CT molecular complexity index is 774. The number of halogens is 2. The molecule has 1 aliphatic carbocycles. The summed E-state index contributed by atoms with van der Waals surface area (Å²) in [5, 5.41) is 0.391. The van der Waals surface area contributed by atoms with E-state index in [1.165, 1.54) is 56.6 Å². The molecule has 1 aliphatic rings. The van der Waals surface area contributed by atoms with E-state index in [9.17, 15) is 4.39 Å². The van der Waals surface area contributed by atoms with E-state index in [0.717, 1.165) is 11.5 Å². The second-order valence-electron chi connectivity index (χ2n) is 7.36. The van der Waals surface area contributed by atoms with Crippen molar-refractivity contribution in [3.8, 4) is 11.8 Å². The molecule has 3 rings (SSSR count). The number of unbranched alkanes of at least 4 members (excludes halogenated alkanes) is 1. The van der Waals surface area contributed by atoms with Gasteiger partial charge in [0, 0.05) is 10.6 Å². The number of benzene rings is 2. The van der Waals surface area contributed by atoms with Crippen LogP contribution in [-0.2, 0) is 0 Å². The first-order valence-corrected chi connectivity index (χ1v) is 10.1. The standard InChI is InChI=1S/C24H26ClF/c1-2-3-4-18-5-10-20(11-6-18)21-12-7-19(8-13-21)9-14-22-15-16-23(25)17-24(22)26/h7-8,12-13,15-18,20H,2-6,10-11H2,1H3. The average molecular weight is 369 g/mol. The molecular weight excluding hydrogens is 343 g/mol. The van der Waals surface area contributed by atoms with Crippen molar-refractivity contribution in [1.29, 1.82) is 0 Å². The van der Waals surface area contributed by atoms with Crippen LogP contribution in [0.3, 0.4) is 0 Å². The molecule has 0 unspecified atom stereocenters. The van der Waals surface area contributed by atoms with Gasteiger partial charge in [-0.2, -0.15) is 0 Å². The molecule has 0 N–H and O–H groups in total. The minimum atomic E-state index is -0.374. The van der Waals surface area contributed by atoms with Gasteiger partial charge >= 0.3 is 0 Å².